The van der Waals surface area contributed by atoms with Gasteiger partial charge in [0, 0.05) is 19.2 Å². The Hall–Kier alpha value is -0.930. The molecular formula is C16H22FNO. The summed E-state index contributed by atoms with van der Waals surface area (Å²) >= 11 is 0. The van der Waals surface area contributed by atoms with Gasteiger partial charge in [-0.15, -0.1) is 0 Å². The van der Waals surface area contributed by atoms with Crippen molar-refractivity contribution >= 4 is 0 Å². The van der Waals surface area contributed by atoms with Crippen LogP contribution in [0.1, 0.15) is 43.7 Å². The molecule has 1 saturated carbocycles. The van der Waals surface area contributed by atoms with Crippen LogP contribution < -0.4 is 5.32 Å². The van der Waals surface area contributed by atoms with E-state index in [0.717, 1.165) is 19.6 Å². The summed E-state index contributed by atoms with van der Waals surface area (Å²) in [6.07, 6.45) is 6.54. The first-order valence-electron chi connectivity index (χ1n) is 7.43. The number of hydrogen-bond acceptors (Lipinski definition) is 2. The smallest absolute Gasteiger partial charge is 0.123 e. The first-order valence-corrected chi connectivity index (χ1v) is 7.43. The highest BCUT2D eigenvalue weighted by Gasteiger charge is 2.32. The monoisotopic (exact) mass is 263 g/mol. The van der Waals surface area contributed by atoms with Gasteiger partial charge in [0.15, 0.2) is 0 Å². The lowest BCUT2D eigenvalue weighted by atomic mass is 10.0. The van der Waals surface area contributed by atoms with E-state index in [1.54, 1.807) is 12.1 Å². The molecule has 2 aliphatic rings. The van der Waals surface area contributed by atoms with E-state index in [1.165, 1.54) is 31.2 Å². The molecule has 0 unspecified atom stereocenters. The summed E-state index contributed by atoms with van der Waals surface area (Å²) in [6, 6.07) is 7.30. The number of ether oxygens (including phenoxy) is 1. The summed E-state index contributed by atoms with van der Waals surface area (Å²) in [5.74, 6) is 0.558. The Labute approximate surface area is 114 Å². The van der Waals surface area contributed by atoms with E-state index in [1.807, 2.05) is 12.1 Å². The molecule has 2 nitrogen and oxygen atoms in total. The summed E-state index contributed by atoms with van der Waals surface area (Å²) in [4.78, 5) is 0. The van der Waals surface area contributed by atoms with Gasteiger partial charge in [-0.3, -0.25) is 0 Å². The minimum atomic E-state index is -0.158. The molecule has 1 heterocycles. The van der Waals surface area contributed by atoms with Gasteiger partial charge >= 0.3 is 0 Å². The largest absolute Gasteiger partial charge is 0.377 e. The maximum absolute atomic E-state index is 13.0. The zero-order valence-corrected chi connectivity index (χ0v) is 11.3. The zero-order valence-electron chi connectivity index (χ0n) is 11.3. The molecule has 1 N–H and O–H groups in total. The van der Waals surface area contributed by atoms with Crippen molar-refractivity contribution in [1.82, 2.24) is 5.32 Å². The van der Waals surface area contributed by atoms with Crippen molar-refractivity contribution in [3.63, 3.8) is 0 Å². The summed E-state index contributed by atoms with van der Waals surface area (Å²) < 4.78 is 18.8. The Morgan fingerprint density at radius 2 is 1.95 bits per heavy atom. The summed E-state index contributed by atoms with van der Waals surface area (Å²) in [5.41, 5.74) is 1.21. The fourth-order valence-electron chi connectivity index (χ4n) is 2.88. The second-order valence-corrected chi connectivity index (χ2v) is 5.76. The van der Waals surface area contributed by atoms with Gasteiger partial charge in [0.05, 0.1) is 6.10 Å². The Bertz CT molecular complexity index is 396. The number of benzene rings is 1. The lowest BCUT2D eigenvalue weighted by Crippen LogP contribution is -2.34. The SMILES string of the molecule is Fc1ccc([C@H](NC[C@@H]2CCCCO2)C2CC2)cc1. The number of rotatable bonds is 5. The predicted molar refractivity (Wildman–Crippen MR) is 73.5 cm³/mol. The van der Waals surface area contributed by atoms with E-state index in [0.29, 0.717) is 18.1 Å². The van der Waals surface area contributed by atoms with Crippen LogP contribution in [0.3, 0.4) is 0 Å². The van der Waals surface area contributed by atoms with Gasteiger partial charge < -0.3 is 10.1 Å². The van der Waals surface area contributed by atoms with E-state index in [-0.39, 0.29) is 5.82 Å². The van der Waals surface area contributed by atoms with E-state index < -0.39 is 0 Å². The predicted octanol–water partition coefficient (Wildman–Crippen LogP) is 3.44. The van der Waals surface area contributed by atoms with Crippen LogP contribution in [0.5, 0.6) is 0 Å². The van der Waals surface area contributed by atoms with Crippen molar-refractivity contribution in [2.24, 2.45) is 5.92 Å². The van der Waals surface area contributed by atoms with Gasteiger partial charge in [0.2, 0.25) is 0 Å². The van der Waals surface area contributed by atoms with Crippen LogP contribution in [0.2, 0.25) is 0 Å². The molecule has 0 bridgehead atoms. The van der Waals surface area contributed by atoms with Crippen molar-refractivity contribution in [3.8, 4) is 0 Å². The molecule has 0 aromatic heterocycles. The van der Waals surface area contributed by atoms with Crippen LogP contribution in [0.25, 0.3) is 0 Å². The number of nitrogens with one attached hydrogen (secondary N) is 1. The first-order chi connectivity index (χ1) is 9.33. The standard InChI is InChI=1S/C16H22FNO/c17-14-8-6-13(7-9-14)16(12-4-5-12)18-11-15-3-1-2-10-19-15/h6-9,12,15-16,18H,1-5,10-11H2/t15-,16+/m0/s1. The Kier molecular flexibility index (Phi) is 4.14. The molecule has 0 radical (unpaired) electrons. The molecule has 1 aromatic carbocycles. The quantitative estimate of drug-likeness (QED) is 0.878. The molecule has 3 rings (SSSR count). The van der Waals surface area contributed by atoms with Crippen LogP contribution in [-0.4, -0.2) is 19.3 Å². The highest BCUT2D eigenvalue weighted by atomic mass is 19.1. The second-order valence-electron chi connectivity index (χ2n) is 5.76. The third-order valence-electron chi connectivity index (χ3n) is 4.16. The molecule has 1 aliphatic carbocycles. The van der Waals surface area contributed by atoms with Gasteiger partial charge in [-0.1, -0.05) is 12.1 Å². The first kappa shape index (κ1) is 13.1. The minimum Gasteiger partial charge on any atom is -0.377 e. The summed E-state index contributed by atoms with van der Waals surface area (Å²) in [6.45, 7) is 1.82. The number of hydrogen-bond donors (Lipinski definition) is 1. The Balaban J connectivity index is 1.59. The Morgan fingerprint density at radius 1 is 1.16 bits per heavy atom. The van der Waals surface area contributed by atoms with Crippen molar-refractivity contribution < 1.29 is 9.13 Å². The minimum absolute atomic E-state index is 0.158. The van der Waals surface area contributed by atoms with Crippen LogP contribution in [0, 0.1) is 11.7 Å². The molecule has 1 aliphatic heterocycles. The molecule has 2 atom stereocenters. The average molecular weight is 263 g/mol. The molecule has 19 heavy (non-hydrogen) atoms. The van der Waals surface area contributed by atoms with Crippen LogP contribution in [0.4, 0.5) is 4.39 Å². The zero-order chi connectivity index (χ0) is 13.1. The van der Waals surface area contributed by atoms with Gasteiger partial charge in [-0.05, 0) is 55.7 Å². The maximum Gasteiger partial charge on any atom is 0.123 e. The molecule has 1 aromatic rings. The van der Waals surface area contributed by atoms with Gasteiger partial charge in [-0.2, -0.15) is 0 Å². The molecule has 0 spiro atoms. The van der Waals surface area contributed by atoms with E-state index in [9.17, 15) is 4.39 Å². The van der Waals surface area contributed by atoms with Gasteiger partial charge in [0.25, 0.3) is 0 Å². The average Bonchev–Trinajstić information content (AvgIpc) is 3.27. The van der Waals surface area contributed by atoms with Crippen molar-refractivity contribution in [2.45, 2.75) is 44.2 Å². The normalized spacial score (nSPS) is 25.2. The summed E-state index contributed by atoms with van der Waals surface area (Å²) in [5, 5.41) is 3.64. The van der Waals surface area contributed by atoms with Crippen molar-refractivity contribution in [2.75, 3.05) is 13.2 Å². The molecule has 1 saturated heterocycles. The fourth-order valence-corrected chi connectivity index (χ4v) is 2.88. The Morgan fingerprint density at radius 3 is 2.58 bits per heavy atom. The van der Waals surface area contributed by atoms with Crippen LogP contribution in [0.15, 0.2) is 24.3 Å². The molecule has 3 heteroatoms. The van der Waals surface area contributed by atoms with Crippen LogP contribution >= 0.6 is 0 Å². The van der Waals surface area contributed by atoms with E-state index >= 15 is 0 Å². The third kappa shape index (κ3) is 3.54. The molecule has 2 fully saturated rings. The lowest BCUT2D eigenvalue weighted by Gasteiger charge is -2.26. The number of halogens is 1. The fraction of sp³-hybridized carbons (Fsp3) is 0.625. The highest BCUT2D eigenvalue weighted by molar-refractivity contribution is 5.22. The third-order valence-corrected chi connectivity index (χ3v) is 4.16. The van der Waals surface area contributed by atoms with Gasteiger partial charge in [0.1, 0.15) is 5.82 Å². The van der Waals surface area contributed by atoms with Crippen LogP contribution in [-0.2, 0) is 4.74 Å². The van der Waals surface area contributed by atoms with E-state index in [4.69, 9.17) is 4.74 Å². The molecule has 104 valence electrons. The van der Waals surface area contributed by atoms with Crippen molar-refractivity contribution in [1.29, 1.82) is 0 Å². The molecular weight excluding hydrogens is 241 g/mol. The second kappa shape index (κ2) is 6.02. The summed E-state index contributed by atoms with van der Waals surface area (Å²) in [7, 11) is 0. The molecule has 0 amide bonds. The highest BCUT2D eigenvalue weighted by Crippen LogP contribution is 2.41. The lowest BCUT2D eigenvalue weighted by molar-refractivity contribution is 0.0149. The van der Waals surface area contributed by atoms with Crippen molar-refractivity contribution in [3.05, 3.63) is 35.6 Å². The maximum atomic E-state index is 13.0. The topological polar surface area (TPSA) is 21.3 Å². The van der Waals surface area contributed by atoms with E-state index in [2.05, 4.69) is 5.32 Å². The van der Waals surface area contributed by atoms with Gasteiger partial charge in [-0.25, -0.2) is 4.39 Å².